The number of aryl methyl sites for hydroxylation is 1. The van der Waals surface area contributed by atoms with Gasteiger partial charge in [-0.1, -0.05) is 66.2 Å². The summed E-state index contributed by atoms with van der Waals surface area (Å²) in [5.41, 5.74) is 4.79. The molecule has 0 saturated carbocycles. The van der Waals surface area contributed by atoms with Crippen LogP contribution in [0.5, 0.6) is 0 Å². The molecule has 3 aromatic rings. The van der Waals surface area contributed by atoms with Crippen molar-refractivity contribution >= 4 is 12.2 Å². The van der Waals surface area contributed by atoms with Gasteiger partial charge in [-0.25, -0.2) is 8.78 Å². The predicted molar refractivity (Wildman–Crippen MR) is 96.6 cm³/mol. The molecule has 0 radical (unpaired) electrons. The van der Waals surface area contributed by atoms with E-state index in [2.05, 4.69) is 31.2 Å². The smallest absolute Gasteiger partial charge is 0.129 e. The summed E-state index contributed by atoms with van der Waals surface area (Å²) < 4.78 is 27.4. The maximum absolute atomic E-state index is 13.7. The third-order valence-corrected chi connectivity index (χ3v) is 4.07. The van der Waals surface area contributed by atoms with E-state index in [1.165, 1.54) is 24.6 Å². The van der Waals surface area contributed by atoms with Crippen molar-refractivity contribution in [3.63, 3.8) is 0 Å². The first kappa shape index (κ1) is 16.1. The van der Waals surface area contributed by atoms with Crippen LogP contribution in [-0.2, 0) is 0 Å². The Balaban J connectivity index is 1.82. The largest absolute Gasteiger partial charge is 0.207 e. The van der Waals surface area contributed by atoms with Crippen molar-refractivity contribution in [1.82, 2.24) is 0 Å². The minimum Gasteiger partial charge on any atom is -0.207 e. The van der Waals surface area contributed by atoms with E-state index in [0.717, 1.165) is 16.7 Å². The van der Waals surface area contributed by atoms with Crippen LogP contribution in [0.15, 0.2) is 60.7 Å². The molecular formula is C22H18F2. The molecule has 0 amide bonds. The Morgan fingerprint density at radius 2 is 1.08 bits per heavy atom. The van der Waals surface area contributed by atoms with Gasteiger partial charge < -0.3 is 0 Å². The molecule has 0 aliphatic carbocycles. The van der Waals surface area contributed by atoms with Gasteiger partial charge in [-0.3, -0.25) is 0 Å². The Morgan fingerprint density at radius 3 is 1.58 bits per heavy atom. The Morgan fingerprint density at radius 1 is 0.625 bits per heavy atom. The van der Waals surface area contributed by atoms with E-state index in [-0.39, 0.29) is 5.56 Å². The van der Waals surface area contributed by atoms with Gasteiger partial charge in [-0.15, -0.1) is 0 Å². The Bertz CT molecular complexity index is 850. The fourth-order valence-electron chi connectivity index (χ4n) is 2.47. The van der Waals surface area contributed by atoms with E-state index in [1.54, 1.807) is 0 Å². The summed E-state index contributed by atoms with van der Waals surface area (Å²) >= 11 is 0. The number of halogens is 2. The van der Waals surface area contributed by atoms with E-state index in [4.69, 9.17) is 0 Å². The highest BCUT2D eigenvalue weighted by Gasteiger charge is 2.08. The third kappa shape index (κ3) is 3.60. The third-order valence-electron chi connectivity index (χ3n) is 4.07. The van der Waals surface area contributed by atoms with Crippen molar-refractivity contribution < 1.29 is 8.78 Å². The van der Waals surface area contributed by atoms with Crippen LogP contribution in [0.25, 0.3) is 23.3 Å². The lowest BCUT2D eigenvalue weighted by Gasteiger charge is -2.06. The molecule has 0 nitrogen and oxygen atoms in total. The second kappa shape index (κ2) is 6.79. The molecule has 0 aliphatic heterocycles. The molecule has 3 aromatic carbocycles. The zero-order valence-electron chi connectivity index (χ0n) is 13.7. The Hall–Kier alpha value is -2.74. The number of benzene rings is 3. The van der Waals surface area contributed by atoms with Gasteiger partial charge in [0.1, 0.15) is 11.6 Å². The summed E-state index contributed by atoms with van der Waals surface area (Å²) in [5, 5.41) is 0. The molecule has 0 aliphatic rings. The highest BCUT2D eigenvalue weighted by atomic mass is 19.1. The molecule has 0 atom stereocenters. The summed E-state index contributed by atoms with van der Waals surface area (Å²) in [6.07, 6.45) is 4.06. The molecular weight excluding hydrogens is 302 g/mol. The lowest BCUT2D eigenvalue weighted by Crippen LogP contribution is -1.90. The lowest BCUT2D eigenvalue weighted by molar-refractivity contribution is 0.569. The van der Waals surface area contributed by atoms with Crippen LogP contribution >= 0.6 is 0 Å². The molecule has 3 rings (SSSR count). The molecule has 0 N–H and O–H groups in total. The van der Waals surface area contributed by atoms with Gasteiger partial charge in [0.25, 0.3) is 0 Å². The monoisotopic (exact) mass is 320 g/mol. The van der Waals surface area contributed by atoms with Crippen LogP contribution < -0.4 is 0 Å². The van der Waals surface area contributed by atoms with Gasteiger partial charge in [0.05, 0.1) is 0 Å². The standard InChI is InChI=1S/C22H18F2/c1-15-3-5-17(6-4-15)7-8-18-9-11-19(12-10-18)20-13-21(23)16(2)22(24)14-20/h3-14H,1-2H3. The molecule has 24 heavy (non-hydrogen) atoms. The summed E-state index contributed by atoms with van der Waals surface area (Å²) in [5.74, 6) is -1.04. The summed E-state index contributed by atoms with van der Waals surface area (Å²) in [6, 6.07) is 18.6. The van der Waals surface area contributed by atoms with Crippen molar-refractivity contribution in [2.75, 3.05) is 0 Å². The second-order valence-electron chi connectivity index (χ2n) is 5.93. The summed E-state index contributed by atoms with van der Waals surface area (Å²) in [4.78, 5) is 0. The van der Waals surface area contributed by atoms with Crippen LogP contribution in [0.3, 0.4) is 0 Å². The van der Waals surface area contributed by atoms with Crippen LogP contribution in [0.4, 0.5) is 8.78 Å². The number of hydrogen-bond donors (Lipinski definition) is 0. The van der Waals surface area contributed by atoms with E-state index < -0.39 is 11.6 Å². The first-order valence-corrected chi connectivity index (χ1v) is 7.84. The van der Waals surface area contributed by atoms with Crippen LogP contribution in [0.1, 0.15) is 22.3 Å². The Labute approximate surface area is 141 Å². The quantitative estimate of drug-likeness (QED) is 0.488. The normalized spacial score (nSPS) is 11.2. The van der Waals surface area contributed by atoms with E-state index in [0.29, 0.717) is 5.56 Å². The molecule has 2 heteroatoms. The minimum absolute atomic E-state index is 0.0522. The van der Waals surface area contributed by atoms with Crippen molar-refractivity contribution in [2.24, 2.45) is 0 Å². The van der Waals surface area contributed by atoms with Crippen LogP contribution in [-0.4, -0.2) is 0 Å². The highest BCUT2D eigenvalue weighted by Crippen LogP contribution is 2.24. The lowest BCUT2D eigenvalue weighted by atomic mass is 10.0. The van der Waals surface area contributed by atoms with Gasteiger partial charge in [0.15, 0.2) is 0 Å². The minimum atomic E-state index is -0.520. The highest BCUT2D eigenvalue weighted by molar-refractivity contribution is 5.72. The van der Waals surface area contributed by atoms with Crippen molar-refractivity contribution in [3.05, 3.63) is 94.6 Å². The average molecular weight is 320 g/mol. The van der Waals surface area contributed by atoms with Crippen LogP contribution in [0.2, 0.25) is 0 Å². The van der Waals surface area contributed by atoms with Crippen molar-refractivity contribution in [1.29, 1.82) is 0 Å². The predicted octanol–water partition coefficient (Wildman–Crippen LogP) is 6.42. The maximum atomic E-state index is 13.7. The molecule has 0 aromatic heterocycles. The van der Waals surface area contributed by atoms with Gasteiger partial charge >= 0.3 is 0 Å². The van der Waals surface area contributed by atoms with Crippen molar-refractivity contribution in [2.45, 2.75) is 13.8 Å². The molecule has 0 fully saturated rings. The fraction of sp³-hybridized carbons (Fsp3) is 0.0909. The Kier molecular flexibility index (Phi) is 4.57. The second-order valence-corrected chi connectivity index (χ2v) is 5.93. The maximum Gasteiger partial charge on any atom is 0.129 e. The topological polar surface area (TPSA) is 0 Å². The molecule has 120 valence electrons. The number of rotatable bonds is 3. The zero-order valence-corrected chi connectivity index (χ0v) is 13.7. The first-order valence-electron chi connectivity index (χ1n) is 7.84. The zero-order chi connectivity index (χ0) is 17.1. The van der Waals surface area contributed by atoms with E-state index >= 15 is 0 Å². The van der Waals surface area contributed by atoms with E-state index in [9.17, 15) is 8.78 Å². The number of hydrogen-bond acceptors (Lipinski definition) is 0. The molecule has 0 spiro atoms. The summed E-state index contributed by atoms with van der Waals surface area (Å²) in [7, 11) is 0. The van der Waals surface area contributed by atoms with E-state index in [1.807, 2.05) is 36.4 Å². The first-order chi connectivity index (χ1) is 11.5. The van der Waals surface area contributed by atoms with Gasteiger partial charge in [-0.2, -0.15) is 0 Å². The molecule has 0 heterocycles. The van der Waals surface area contributed by atoms with Gasteiger partial charge in [0.2, 0.25) is 0 Å². The molecule has 0 bridgehead atoms. The van der Waals surface area contributed by atoms with Gasteiger partial charge in [0, 0.05) is 5.56 Å². The SMILES string of the molecule is Cc1ccc(C=Cc2ccc(-c3cc(F)c(C)c(F)c3)cc2)cc1. The van der Waals surface area contributed by atoms with Crippen molar-refractivity contribution in [3.8, 4) is 11.1 Å². The summed E-state index contributed by atoms with van der Waals surface area (Å²) in [6.45, 7) is 3.50. The van der Waals surface area contributed by atoms with Gasteiger partial charge in [-0.05, 0) is 48.2 Å². The molecule has 0 saturated heterocycles. The molecule has 0 unspecified atom stereocenters. The average Bonchev–Trinajstić information content (AvgIpc) is 2.59. The van der Waals surface area contributed by atoms with Crippen LogP contribution in [0, 0.1) is 25.5 Å². The fourth-order valence-corrected chi connectivity index (χ4v) is 2.47.